The lowest BCUT2D eigenvalue weighted by Crippen LogP contribution is -2.52. The van der Waals surface area contributed by atoms with Gasteiger partial charge in [0.15, 0.2) is 5.79 Å². The number of esters is 1. The van der Waals surface area contributed by atoms with Crippen LogP contribution >= 0.6 is 0 Å². The topological polar surface area (TPSA) is 61.8 Å². The first-order chi connectivity index (χ1) is 12.0. The van der Waals surface area contributed by atoms with Gasteiger partial charge in [-0.15, -0.1) is 0 Å². The summed E-state index contributed by atoms with van der Waals surface area (Å²) in [5.41, 5.74) is -0.628. The van der Waals surface area contributed by atoms with E-state index in [4.69, 9.17) is 14.2 Å². The van der Waals surface area contributed by atoms with Crippen molar-refractivity contribution in [2.75, 3.05) is 7.11 Å². The summed E-state index contributed by atoms with van der Waals surface area (Å²) in [6.07, 6.45) is 5.38. The smallest absolute Gasteiger partial charge is 0.308 e. The molecule has 0 radical (unpaired) electrons. The van der Waals surface area contributed by atoms with E-state index < -0.39 is 11.4 Å². The average molecular weight is 366 g/mol. The number of hydrogen-bond acceptors (Lipinski definition) is 5. The van der Waals surface area contributed by atoms with Gasteiger partial charge in [-0.05, 0) is 38.5 Å². The van der Waals surface area contributed by atoms with Gasteiger partial charge in [0.25, 0.3) is 0 Å². The van der Waals surface area contributed by atoms with Crippen LogP contribution in [0.25, 0.3) is 0 Å². The molecule has 1 saturated carbocycles. The van der Waals surface area contributed by atoms with Crippen LogP contribution in [0.5, 0.6) is 0 Å². The predicted molar refractivity (Wildman–Crippen MR) is 97.5 cm³/mol. The summed E-state index contributed by atoms with van der Waals surface area (Å²) in [6.45, 7) is 10.5. The average Bonchev–Trinajstić information content (AvgIpc) is 2.94. The summed E-state index contributed by atoms with van der Waals surface area (Å²) in [7, 11) is 1.41. The molecule has 0 N–H and O–H groups in total. The number of Topliss-reactive ketones (excluding diaryl/α,β-unsaturated/α-hetero) is 1. The molecule has 1 spiro atoms. The molecule has 0 aromatic rings. The molecule has 2 saturated heterocycles. The SMILES string of the molecule is COC(=O)C[C@]1(C)CC[C@]2(O[C@H](CC(C)=O)[C@H]3C(C)(C)CCC[C@@]32C)O1. The molecule has 148 valence electrons. The summed E-state index contributed by atoms with van der Waals surface area (Å²) in [5, 5.41) is 0. The van der Waals surface area contributed by atoms with Crippen LogP contribution in [-0.4, -0.2) is 36.4 Å². The number of methoxy groups -OCH3 is 1. The van der Waals surface area contributed by atoms with Gasteiger partial charge in [-0.2, -0.15) is 0 Å². The molecule has 26 heavy (non-hydrogen) atoms. The van der Waals surface area contributed by atoms with Gasteiger partial charge < -0.3 is 14.2 Å². The van der Waals surface area contributed by atoms with E-state index in [1.165, 1.54) is 7.11 Å². The zero-order valence-electron chi connectivity index (χ0n) is 17.1. The number of rotatable bonds is 4. The first-order valence-electron chi connectivity index (χ1n) is 9.91. The second kappa shape index (κ2) is 6.30. The Balaban J connectivity index is 1.95. The highest BCUT2D eigenvalue weighted by molar-refractivity contribution is 5.76. The van der Waals surface area contributed by atoms with Crippen LogP contribution in [0.1, 0.15) is 79.6 Å². The van der Waals surface area contributed by atoms with Crippen LogP contribution in [0.15, 0.2) is 0 Å². The third kappa shape index (κ3) is 3.01. The molecule has 3 aliphatic rings. The van der Waals surface area contributed by atoms with E-state index in [2.05, 4.69) is 20.8 Å². The predicted octanol–water partition coefficient (Wildman–Crippen LogP) is 4.03. The van der Waals surface area contributed by atoms with E-state index in [0.29, 0.717) is 6.42 Å². The highest BCUT2D eigenvalue weighted by Gasteiger charge is 2.70. The van der Waals surface area contributed by atoms with Crippen LogP contribution < -0.4 is 0 Å². The lowest BCUT2D eigenvalue weighted by atomic mass is 9.53. The van der Waals surface area contributed by atoms with Crippen LogP contribution in [0.4, 0.5) is 0 Å². The second-order valence-corrected chi connectivity index (χ2v) is 9.86. The van der Waals surface area contributed by atoms with Crippen LogP contribution in [0.2, 0.25) is 0 Å². The quantitative estimate of drug-likeness (QED) is 0.703. The molecule has 2 aliphatic heterocycles. The van der Waals surface area contributed by atoms with Gasteiger partial charge in [-0.1, -0.05) is 27.2 Å². The van der Waals surface area contributed by atoms with Crippen LogP contribution in [0, 0.1) is 16.7 Å². The third-order valence-electron chi connectivity index (χ3n) is 7.26. The number of ketones is 1. The molecule has 2 heterocycles. The van der Waals surface area contributed by atoms with Gasteiger partial charge in [0.05, 0.1) is 25.2 Å². The van der Waals surface area contributed by atoms with Gasteiger partial charge >= 0.3 is 5.97 Å². The first kappa shape index (κ1) is 19.8. The molecule has 0 unspecified atom stereocenters. The van der Waals surface area contributed by atoms with Crippen LogP contribution in [-0.2, 0) is 23.8 Å². The van der Waals surface area contributed by atoms with E-state index in [1.807, 2.05) is 6.92 Å². The minimum absolute atomic E-state index is 0.0985. The van der Waals surface area contributed by atoms with Crippen molar-refractivity contribution in [3.05, 3.63) is 0 Å². The van der Waals surface area contributed by atoms with Gasteiger partial charge in [0.2, 0.25) is 0 Å². The monoisotopic (exact) mass is 366 g/mol. The maximum Gasteiger partial charge on any atom is 0.308 e. The molecule has 0 amide bonds. The molecule has 0 aromatic carbocycles. The van der Waals surface area contributed by atoms with E-state index in [1.54, 1.807) is 6.92 Å². The molecule has 1 aliphatic carbocycles. The molecule has 5 heteroatoms. The Morgan fingerprint density at radius 3 is 2.38 bits per heavy atom. The Bertz CT molecular complexity index is 599. The molecule has 3 fully saturated rings. The largest absolute Gasteiger partial charge is 0.469 e. The molecule has 0 aromatic heterocycles. The van der Waals surface area contributed by atoms with Crippen LogP contribution in [0.3, 0.4) is 0 Å². The highest BCUT2D eigenvalue weighted by atomic mass is 16.7. The molecular weight excluding hydrogens is 332 g/mol. The van der Waals surface area contributed by atoms with E-state index in [-0.39, 0.29) is 41.0 Å². The van der Waals surface area contributed by atoms with Crippen molar-refractivity contribution in [1.82, 2.24) is 0 Å². The maximum absolute atomic E-state index is 11.9. The molecule has 3 rings (SSSR count). The van der Waals surface area contributed by atoms with Crippen molar-refractivity contribution < 1.29 is 23.8 Å². The lowest BCUT2D eigenvalue weighted by molar-refractivity contribution is -0.280. The van der Waals surface area contributed by atoms with Crippen molar-refractivity contribution in [1.29, 1.82) is 0 Å². The minimum atomic E-state index is -0.710. The van der Waals surface area contributed by atoms with Crippen molar-refractivity contribution in [3.8, 4) is 0 Å². The molecular formula is C21H34O5. The highest BCUT2D eigenvalue weighted by Crippen LogP contribution is 2.68. The van der Waals surface area contributed by atoms with Gasteiger partial charge in [0, 0.05) is 24.2 Å². The summed E-state index contributed by atoms with van der Waals surface area (Å²) in [6, 6.07) is 0. The second-order valence-electron chi connectivity index (χ2n) is 9.86. The fourth-order valence-corrected chi connectivity index (χ4v) is 6.23. The van der Waals surface area contributed by atoms with Crippen molar-refractivity contribution in [3.63, 3.8) is 0 Å². The normalized spacial score (nSPS) is 44.1. The summed E-state index contributed by atoms with van der Waals surface area (Å²) < 4.78 is 18.1. The number of carbonyl (C=O) groups excluding carboxylic acids is 2. The zero-order chi connectivity index (χ0) is 19.4. The Morgan fingerprint density at radius 1 is 1.08 bits per heavy atom. The summed E-state index contributed by atoms with van der Waals surface area (Å²) in [5.74, 6) is -0.536. The number of ether oxygens (including phenoxy) is 3. The van der Waals surface area contributed by atoms with E-state index >= 15 is 0 Å². The molecule has 5 atom stereocenters. The Hall–Kier alpha value is -0.940. The van der Waals surface area contributed by atoms with E-state index in [9.17, 15) is 9.59 Å². The van der Waals surface area contributed by atoms with Gasteiger partial charge in [-0.25, -0.2) is 0 Å². The minimum Gasteiger partial charge on any atom is -0.469 e. The standard InChI is InChI=1S/C21H34O5/c1-14(22)12-15-17-18(2,3)8-7-9-20(17,5)21(25-15)11-10-19(4,26-21)13-16(23)24-6/h15,17H,7-13H2,1-6H3/t15-,17+,19+,20+,21+/m1/s1. The number of carbonyl (C=O) groups is 2. The van der Waals surface area contributed by atoms with Gasteiger partial charge in [-0.3, -0.25) is 9.59 Å². The fourth-order valence-electron chi connectivity index (χ4n) is 6.23. The zero-order valence-corrected chi connectivity index (χ0v) is 17.1. The maximum atomic E-state index is 11.9. The van der Waals surface area contributed by atoms with Crippen molar-refractivity contribution >= 4 is 11.8 Å². The van der Waals surface area contributed by atoms with Gasteiger partial charge in [0.1, 0.15) is 5.78 Å². The van der Waals surface area contributed by atoms with E-state index in [0.717, 1.165) is 32.1 Å². The van der Waals surface area contributed by atoms with Crippen molar-refractivity contribution in [2.45, 2.75) is 97.1 Å². The third-order valence-corrected chi connectivity index (χ3v) is 7.26. The number of hydrogen-bond donors (Lipinski definition) is 0. The number of fused-ring (bicyclic) bond motifs is 2. The lowest BCUT2D eigenvalue weighted by Gasteiger charge is -2.51. The molecule has 5 nitrogen and oxygen atoms in total. The fraction of sp³-hybridized carbons (Fsp3) is 0.905. The Morgan fingerprint density at radius 2 is 1.77 bits per heavy atom. The molecule has 0 bridgehead atoms. The van der Waals surface area contributed by atoms with Crippen molar-refractivity contribution in [2.24, 2.45) is 16.7 Å². The first-order valence-corrected chi connectivity index (χ1v) is 9.91. The summed E-state index contributed by atoms with van der Waals surface area (Å²) in [4.78, 5) is 23.8. The Labute approximate surface area is 157 Å². The Kier molecular flexibility index (Phi) is 4.80. The summed E-state index contributed by atoms with van der Waals surface area (Å²) >= 11 is 0.